The van der Waals surface area contributed by atoms with Crippen molar-refractivity contribution in [3.8, 4) is 0 Å². The van der Waals surface area contributed by atoms with E-state index in [1.807, 2.05) is 54.1 Å². The van der Waals surface area contributed by atoms with Crippen LogP contribution in [0.5, 0.6) is 0 Å². The fourth-order valence-electron chi connectivity index (χ4n) is 3.29. The summed E-state index contributed by atoms with van der Waals surface area (Å²) in [5.41, 5.74) is 3.90. The Morgan fingerprint density at radius 3 is 2.16 bits per heavy atom. The summed E-state index contributed by atoms with van der Waals surface area (Å²) in [5.74, 6) is -0.0513. The van der Waals surface area contributed by atoms with E-state index in [0.29, 0.717) is 22.8 Å². The molecule has 0 bridgehead atoms. The number of hydrogen-bond donors (Lipinski definition) is 3. The van der Waals surface area contributed by atoms with E-state index in [1.165, 1.54) is 0 Å². The minimum Gasteiger partial charge on any atom is -0.320 e. The third-order valence-corrected chi connectivity index (χ3v) is 4.97. The number of carbonyl (C=O) groups excluding carboxylic acids is 2. The molecule has 0 aliphatic heterocycles. The van der Waals surface area contributed by atoms with Gasteiger partial charge in [-0.05, 0) is 69.5 Å². The molecule has 3 amide bonds. The van der Waals surface area contributed by atoms with Crippen LogP contribution in [0, 0.1) is 6.92 Å². The lowest BCUT2D eigenvalue weighted by atomic mass is 10.1. The number of anilines is 3. The maximum atomic E-state index is 13.0. The van der Waals surface area contributed by atoms with E-state index in [0.717, 1.165) is 11.3 Å². The Bertz CT molecular complexity index is 1110. The van der Waals surface area contributed by atoms with Crippen molar-refractivity contribution in [1.29, 1.82) is 0 Å². The number of rotatable bonds is 5. The lowest BCUT2D eigenvalue weighted by Crippen LogP contribution is -2.26. The average molecular weight is 434 g/mol. The van der Waals surface area contributed by atoms with Crippen molar-refractivity contribution in [3.63, 3.8) is 0 Å². The van der Waals surface area contributed by atoms with Gasteiger partial charge in [-0.3, -0.25) is 9.48 Å². The highest BCUT2D eigenvalue weighted by Gasteiger charge is 2.24. The SMILES string of the molecule is Cc1ccc(NC(=O)Nc2ccccc2)cc1NC(=O)c1cc(C(C)C)n(C(C)(C)C)n1. The van der Waals surface area contributed by atoms with Gasteiger partial charge in [0.2, 0.25) is 0 Å². The molecule has 3 rings (SSSR count). The number of aryl methyl sites for hydroxylation is 1. The zero-order valence-corrected chi connectivity index (χ0v) is 19.5. The normalized spacial score (nSPS) is 11.3. The second-order valence-electron chi connectivity index (χ2n) is 9.12. The standard InChI is InChI=1S/C25H31N5O2/c1-16(2)22-15-21(29-30(22)25(4,5)6)23(31)28-20-14-19(13-12-17(20)3)27-24(32)26-18-10-8-7-9-11-18/h7-16H,1-6H3,(H,28,31)(H2,26,27,32). The highest BCUT2D eigenvalue weighted by Crippen LogP contribution is 2.25. The van der Waals surface area contributed by atoms with E-state index in [9.17, 15) is 9.59 Å². The van der Waals surface area contributed by atoms with E-state index in [-0.39, 0.29) is 23.4 Å². The molecular weight excluding hydrogens is 402 g/mol. The topological polar surface area (TPSA) is 88.0 Å². The quantitative estimate of drug-likeness (QED) is 0.463. The molecule has 0 aliphatic carbocycles. The Hall–Kier alpha value is -3.61. The van der Waals surface area contributed by atoms with Crippen LogP contribution in [0.2, 0.25) is 0 Å². The summed E-state index contributed by atoms with van der Waals surface area (Å²) in [6, 6.07) is 16.1. The number of carbonyl (C=O) groups is 2. The Balaban J connectivity index is 1.76. The van der Waals surface area contributed by atoms with Crippen molar-refractivity contribution in [2.45, 2.75) is 53.0 Å². The van der Waals surface area contributed by atoms with Crippen molar-refractivity contribution in [3.05, 3.63) is 71.5 Å². The number of para-hydroxylation sites is 1. The molecule has 0 spiro atoms. The summed E-state index contributed by atoms with van der Waals surface area (Å²) in [4.78, 5) is 25.3. The number of nitrogens with zero attached hydrogens (tertiary/aromatic N) is 2. The molecule has 0 aliphatic rings. The van der Waals surface area contributed by atoms with Gasteiger partial charge in [0.05, 0.1) is 5.54 Å². The molecule has 7 heteroatoms. The van der Waals surface area contributed by atoms with Gasteiger partial charge in [0.25, 0.3) is 5.91 Å². The molecule has 1 heterocycles. The molecule has 3 aromatic rings. The molecule has 7 nitrogen and oxygen atoms in total. The molecule has 2 aromatic carbocycles. The van der Waals surface area contributed by atoms with Gasteiger partial charge in [-0.15, -0.1) is 0 Å². The van der Waals surface area contributed by atoms with E-state index in [2.05, 4.69) is 55.7 Å². The predicted molar refractivity (Wildman–Crippen MR) is 130 cm³/mol. The first-order valence-corrected chi connectivity index (χ1v) is 10.7. The van der Waals surface area contributed by atoms with Crippen molar-refractivity contribution in [2.24, 2.45) is 0 Å². The first kappa shape index (κ1) is 23.1. The van der Waals surface area contributed by atoms with E-state index >= 15 is 0 Å². The van der Waals surface area contributed by atoms with Crippen LogP contribution < -0.4 is 16.0 Å². The smallest absolute Gasteiger partial charge is 0.320 e. The van der Waals surface area contributed by atoms with Gasteiger partial charge >= 0.3 is 6.03 Å². The molecule has 0 unspecified atom stereocenters. The summed E-state index contributed by atoms with van der Waals surface area (Å²) >= 11 is 0. The van der Waals surface area contributed by atoms with Crippen molar-refractivity contribution in [1.82, 2.24) is 9.78 Å². The fraction of sp³-hybridized carbons (Fsp3) is 0.320. The van der Waals surface area contributed by atoms with Crippen LogP contribution in [0.3, 0.4) is 0 Å². The third-order valence-electron chi connectivity index (χ3n) is 4.97. The summed E-state index contributed by atoms with van der Waals surface area (Å²) in [6.45, 7) is 12.3. The Morgan fingerprint density at radius 2 is 1.56 bits per heavy atom. The summed E-state index contributed by atoms with van der Waals surface area (Å²) < 4.78 is 1.91. The minimum absolute atomic E-state index is 0.232. The van der Waals surface area contributed by atoms with Crippen LogP contribution in [0.4, 0.5) is 21.9 Å². The largest absolute Gasteiger partial charge is 0.323 e. The molecule has 0 atom stereocenters. The number of hydrogen-bond acceptors (Lipinski definition) is 3. The monoisotopic (exact) mass is 433 g/mol. The van der Waals surface area contributed by atoms with Crippen LogP contribution in [0.25, 0.3) is 0 Å². The lowest BCUT2D eigenvalue weighted by Gasteiger charge is -2.23. The van der Waals surface area contributed by atoms with Crippen LogP contribution in [-0.2, 0) is 5.54 Å². The second-order valence-corrected chi connectivity index (χ2v) is 9.12. The molecule has 3 N–H and O–H groups in total. The first-order valence-electron chi connectivity index (χ1n) is 10.7. The minimum atomic E-state index is -0.358. The Morgan fingerprint density at radius 1 is 0.906 bits per heavy atom. The van der Waals surface area contributed by atoms with Gasteiger partial charge < -0.3 is 16.0 Å². The van der Waals surface area contributed by atoms with Gasteiger partial charge in [-0.25, -0.2) is 4.79 Å². The van der Waals surface area contributed by atoms with Crippen LogP contribution in [0.1, 0.15) is 62.3 Å². The van der Waals surface area contributed by atoms with Crippen LogP contribution in [-0.4, -0.2) is 21.7 Å². The number of aromatic nitrogens is 2. The summed E-state index contributed by atoms with van der Waals surface area (Å²) in [6.07, 6.45) is 0. The molecule has 0 fully saturated rings. The molecule has 168 valence electrons. The Kier molecular flexibility index (Phi) is 6.67. The molecule has 0 saturated heterocycles. The second kappa shape index (κ2) is 9.26. The van der Waals surface area contributed by atoms with Gasteiger partial charge in [0.15, 0.2) is 5.69 Å². The van der Waals surface area contributed by atoms with Crippen LogP contribution in [0.15, 0.2) is 54.6 Å². The van der Waals surface area contributed by atoms with Crippen molar-refractivity contribution >= 4 is 29.0 Å². The van der Waals surface area contributed by atoms with Gasteiger partial charge in [-0.1, -0.05) is 38.1 Å². The zero-order chi connectivity index (χ0) is 23.5. The maximum absolute atomic E-state index is 13.0. The predicted octanol–water partition coefficient (Wildman–Crippen LogP) is 5.97. The van der Waals surface area contributed by atoms with E-state index in [1.54, 1.807) is 12.1 Å². The zero-order valence-electron chi connectivity index (χ0n) is 19.5. The van der Waals surface area contributed by atoms with Crippen molar-refractivity contribution < 1.29 is 9.59 Å². The van der Waals surface area contributed by atoms with Gasteiger partial charge in [-0.2, -0.15) is 5.10 Å². The van der Waals surface area contributed by atoms with E-state index < -0.39 is 0 Å². The molecular formula is C25H31N5O2. The fourth-order valence-corrected chi connectivity index (χ4v) is 3.29. The van der Waals surface area contributed by atoms with Crippen LogP contribution >= 0.6 is 0 Å². The Labute approximate surface area is 189 Å². The number of amides is 3. The molecule has 32 heavy (non-hydrogen) atoms. The molecule has 1 aromatic heterocycles. The third kappa shape index (κ3) is 5.55. The lowest BCUT2D eigenvalue weighted by molar-refractivity contribution is 0.102. The van der Waals surface area contributed by atoms with Gasteiger partial charge in [0, 0.05) is 22.8 Å². The number of benzene rings is 2. The van der Waals surface area contributed by atoms with E-state index in [4.69, 9.17) is 0 Å². The number of urea groups is 1. The average Bonchev–Trinajstić information content (AvgIpc) is 3.18. The summed E-state index contributed by atoms with van der Waals surface area (Å²) in [7, 11) is 0. The number of nitrogens with one attached hydrogen (secondary N) is 3. The highest BCUT2D eigenvalue weighted by molar-refractivity contribution is 6.04. The van der Waals surface area contributed by atoms with Gasteiger partial charge in [0.1, 0.15) is 0 Å². The first-order chi connectivity index (χ1) is 15.0. The highest BCUT2D eigenvalue weighted by atomic mass is 16.2. The molecule has 0 saturated carbocycles. The molecule has 0 radical (unpaired) electrons. The summed E-state index contributed by atoms with van der Waals surface area (Å²) in [5, 5.41) is 13.1. The maximum Gasteiger partial charge on any atom is 0.323 e. The van der Waals surface area contributed by atoms with Crippen molar-refractivity contribution in [2.75, 3.05) is 16.0 Å².